The minimum atomic E-state index is -0.815. The molecule has 1 aliphatic carbocycles. The first-order valence-corrected chi connectivity index (χ1v) is 19.2. The molecule has 15 nitrogen and oxygen atoms in total. The van der Waals surface area contributed by atoms with Gasteiger partial charge in [-0.1, -0.05) is 27.7 Å². The van der Waals surface area contributed by atoms with E-state index in [4.69, 9.17) is 18.9 Å². The van der Waals surface area contributed by atoms with Crippen molar-refractivity contribution < 1.29 is 48.2 Å². The average molecular weight is 791 g/mol. The van der Waals surface area contributed by atoms with E-state index in [1.54, 1.807) is 18.2 Å². The fourth-order valence-electron chi connectivity index (χ4n) is 5.85. The minimum Gasteiger partial charge on any atom is -0.491 e. The zero-order valence-electron chi connectivity index (χ0n) is 33.6. The highest BCUT2D eigenvalue weighted by Gasteiger charge is 2.27. The van der Waals surface area contributed by atoms with Gasteiger partial charge in [0.25, 0.3) is 17.7 Å². The second kappa shape index (κ2) is 19.9. The van der Waals surface area contributed by atoms with E-state index in [-0.39, 0.29) is 77.6 Å². The molecular formula is C42H54N4O11. The highest BCUT2D eigenvalue weighted by atomic mass is 16.6. The van der Waals surface area contributed by atoms with E-state index < -0.39 is 34.2 Å². The number of nitrogens with one attached hydrogen (secondary N) is 3. The molecule has 4 N–H and O–H groups in total. The molecule has 57 heavy (non-hydrogen) atoms. The summed E-state index contributed by atoms with van der Waals surface area (Å²) in [4.78, 5) is 62.8. The van der Waals surface area contributed by atoms with Crippen LogP contribution >= 0.6 is 0 Å². The van der Waals surface area contributed by atoms with Gasteiger partial charge in [-0.3, -0.25) is 29.3 Å². The largest absolute Gasteiger partial charge is 0.491 e. The number of rotatable bonds is 18. The Labute approximate surface area is 332 Å². The molecule has 0 spiro atoms. The van der Waals surface area contributed by atoms with Crippen molar-refractivity contribution in [2.45, 2.75) is 85.8 Å². The average Bonchev–Trinajstić information content (AvgIpc) is 3.15. The summed E-state index contributed by atoms with van der Waals surface area (Å²) < 4.78 is 23.4. The van der Waals surface area contributed by atoms with Gasteiger partial charge in [0.1, 0.15) is 18.1 Å². The molecule has 1 saturated carbocycles. The number of carboxylic acids is 1. The van der Waals surface area contributed by atoms with E-state index in [9.17, 15) is 34.4 Å². The van der Waals surface area contributed by atoms with Crippen LogP contribution in [0.2, 0.25) is 0 Å². The summed E-state index contributed by atoms with van der Waals surface area (Å²) in [5, 5.41) is 29.6. The van der Waals surface area contributed by atoms with Gasteiger partial charge < -0.3 is 40.0 Å². The lowest BCUT2D eigenvalue weighted by atomic mass is 9.86. The molecule has 308 valence electrons. The quantitative estimate of drug-likeness (QED) is 0.0557. The third-order valence-electron chi connectivity index (χ3n) is 8.83. The smallest absolute Gasteiger partial charge is 0.310 e. The molecule has 3 aromatic carbocycles. The second-order valence-electron chi connectivity index (χ2n) is 15.8. The van der Waals surface area contributed by atoms with Gasteiger partial charge in [0.2, 0.25) is 0 Å². The Morgan fingerprint density at radius 3 is 1.65 bits per heavy atom. The Morgan fingerprint density at radius 2 is 1.19 bits per heavy atom. The lowest BCUT2D eigenvalue weighted by molar-refractivity contribution is -0.385. The van der Waals surface area contributed by atoms with Crippen LogP contribution < -0.4 is 30.2 Å². The van der Waals surface area contributed by atoms with E-state index in [2.05, 4.69) is 16.0 Å². The molecule has 3 amide bonds. The highest BCUT2D eigenvalue weighted by molar-refractivity contribution is 6.08. The molecule has 0 radical (unpaired) electrons. The predicted molar refractivity (Wildman–Crippen MR) is 215 cm³/mol. The normalized spacial score (nSPS) is 15.5. The molecule has 1 fully saturated rings. The highest BCUT2D eigenvalue weighted by Crippen LogP contribution is 2.33. The molecule has 4 rings (SSSR count). The second-order valence-corrected chi connectivity index (χ2v) is 15.8. The van der Waals surface area contributed by atoms with Crippen molar-refractivity contribution in [2.75, 3.05) is 37.1 Å². The van der Waals surface area contributed by atoms with Crippen molar-refractivity contribution >= 4 is 40.8 Å². The Morgan fingerprint density at radius 1 is 0.719 bits per heavy atom. The number of nitro groups is 1. The molecule has 0 heterocycles. The molecule has 1 aliphatic rings. The summed E-state index contributed by atoms with van der Waals surface area (Å²) in [5.41, 5.74) is 0.520. The van der Waals surface area contributed by atoms with Crippen molar-refractivity contribution in [3.8, 4) is 17.2 Å². The van der Waals surface area contributed by atoms with Gasteiger partial charge in [-0.15, -0.1) is 0 Å². The number of aliphatic carboxylic acids is 1. The number of benzene rings is 3. The topological polar surface area (TPSA) is 205 Å². The number of carbonyl (C=O) groups is 4. The summed E-state index contributed by atoms with van der Waals surface area (Å²) in [6, 6.07) is 13.0. The Bertz CT molecular complexity index is 1910. The maximum Gasteiger partial charge on any atom is 0.310 e. The number of ether oxygens (including phenoxy) is 4. The SMILES string of the molecule is CC(C)COc1cc(C(=O)Nc2ccc(C(=O)NC3CCC(C(=O)O)CC3)cc2OCC(C)C)ccc1NC(=O)c1ccc([N+](=O)[O-])c(OCCOC(C)(C)C)c1. The molecule has 0 unspecified atom stereocenters. The van der Waals surface area contributed by atoms with Crippen LogP contribution in [0.5, 0.6) is 17.2 Å². The Kier molecular flexibility index (Phi) is 15.4. The Hall–Kier alpha value is -5.70. The van der Waals surface area contributed by atoms with Crippen molar-refractivity contribution in [1.82, 2.24) is 5.32 Å². The third-order valence-corrected chi connectivity index (χ3v) is 8.83. The van der Waals surface area contributed by atoms with Crippen LogP contribution in [0.3, 0.4) is 0 Å². The summed E-state index contributed by atoms with van der Waals surface area (Å²) in [6.45, 7) is 14.3. The maximum atomic E-state index is 13.7. The molecular weight excluding hydrogens is 736 g/mol. The van der Waals surface area contributed by atoms with Crippen LogP contribution in [-0.4, -0.2) is 71.8 Å². The van der Waals surface area contributed by atoms with Crippen LogP contribution in [0.25, 0.3) is 0 Å². The lowest BCUT2D eigenvalue weighted by Gasteiger charge is -2.27. The van der Waals surface area contributed by atoms with E-state index in [0.29, 0.717) is 49.3 Å². The monoisotopic (exact) mass is 790 g/mol. The number of nitrogens with zero attached hydrogens (tertiary/aromatic N) is 1. The number of carbonyl (C=O) groups excluding carboxylic acids is 3. The maximum absolute atomic E-state index is 13.7. The van der Waals surface area contributed by atoms with E-state index in [0.717, 1.165) is 0 Å². The van der Waals surface area contributed by atoms with Crippen LogP contribution in [-0.2, 0) is 9.53 Å². The number of nitro benzene ring substituents is 1. The van der Waals surface area contributed by atoms with Gasteiger partial charge >= 0.3 is 11.7 Å². The minimum absolute atomic E-state index is 0.0308. The Balaban J connectivity index is 1.52. The van der Waals surface area contributed by atoms with Crippen molar-refractivity contribution in [3.63, 3.8) is 0 Å². The number of hydrogen-bond acceptors (Lipinski definition) is 10. The standard InChI is InChI=1S/C42H54N4O11/c1-25(2)23-55-35-20-28(38(47)43-31-13-8-27(9-14-31)41(50)51)10-15-32(35)44-39(48)29-11-16-33(36(21-29)56-24-26(3)4)45-40(49)30-12-17-34(46(52)53)37(22-30)54-18-19-57-42(5,6)7/h10-12,15-17,20-22,25-27,31H,8-9,13-14,18-19,23-24H2,1-7H3,(H,43,47)(H,44,48)(H,45,49)(H,50,51). The molecule has 0 bridgehead atoms. The molecule has 15 heteroatoms. The van der Waals surface area contributed by atoms with Gasteiger partial charge in [0, 0.05) is 34.9 Å². The van der Waals surface area contributed by atoms with E-state index in [1.165, 1.54) is 36.4 Å². The lowest BCUT2D eigenvalue weighted by Crippen LogP contribution is -2.38. The molecule has 0 aromatic heterocycles. The van der Waals surface area contributed by atoms with E-state index >= 15 is 0 Å². The fourth-order valence-corrected chi connectivity index (χ4v) is 5.85. The van der Waals surface area contributed by atoms with Gasteiger partial charge in [-0.05, 0) is 101 Å². The summed E-state index contributed by atoms with van der Waals surface area (Å²) in [5.74, 6) is -1.93. The number of anilines is 2. The first-order valence-electron chi connectivity index (χ1n) is 19.2. The molecule has 0 saturated heterocycles. The fraction of sp³-hybridized carbons (Fsp3) is 0.476. The predicted octanol–water partition coefficient (Wildman–Crippen LogP) is 7.74. The van der Waals surface area contributed by atoms with Gasteiger partial charge in [-0.2, -0.15) is 0 Å². The number of carboxylic acid groups (broad SMARTS) is 1. The molecule has 3 aromatic rings. The first-order chi connectivity index (χ1) is 26.9. The van der Waals surface area contributed by atoms with E-state index in [1.807, 2.05) is 48.5 Å². The van der Waals surface area contributed by atoms with Gasteiger partial charge in [0.15, 0.2) is 5.75 Å². The number of hydrogen-bond donors (Lipinski definition) is 4. The van der Waals surface area contributed by atoms with Crippen molar-refractivity contribution in [2.24, 2.45) is 17.8 Å². The van der Waals surface area contributed by atoms with Gasteiger partial charge in [-0.25, -0.2) is 0 Å². The zero-order valence-corrected chi connectivity index (χ0v) is 33.6. The van der Waals surface area contributed by atoms with Crippen LogP contribution in [0, 0.1) is 27.9 Å². The van der Waals surface area contributed by atoms with Crippen LogP contribution in [0.1, 0.15) is 105 Å². The molecule has 0 aliphatic heterocycles. The summed E-state index contributed by atoms with van der Waals surface area (Å²) in [7, 11) is 0. The van der Waals surface area contributed by atoms with Crippen LogP contribution in [0.4, 0.5) is 17.1 Å². The zero-order chi connectivity index (χ0) is 41.9. The summed E-state index contributed by atoms with van der Waals surface area (Å²) in [6.07, 6.45) is 2.13. The third kappa shape index (κ3) is 13.5. The number of amides is 3. The summed E-state index contributed by atoms with van der Waals surface area (Å²) >= 11 is 0. The van der Waals surface area contributed by atoms with Crippen LogP contribution in [0.15, 0.2) is 54.6 Å². The van der Waals surface area contributed by atoms with Crippen molar-refractivity contribution in [3.05, 3.63) is 81.4 Å². The molecule has 0 atom stereocenters. The van der Waals surface area contributed by atoms with Gasteiger partial charge in [0.05, 0.1) is 47.6 Å². The first kappa shape index (κ1) is 44.0. The van der Waals surface area contributed by atoms with Crippen molar-refractivity contribution in [1.29, 1.82) is 0 Å².